The molecule has 1 fully saturated rings. The fourth-order valence-corrected chi connectivity index (χ4v) is 3.30. The summed E-state index contributed by atoms with van der Waals surface area (Å²) in [5, 5.41) is 0. The SMILES string of the molecule is CC(C)CN1CC(CCN)CNS1(=O)=O. The Balaban J connectivity index is 2.62. The molecule has 0 aliphatic carbocycles. The Morgan fingerprint density at radius 1 is 1.53 bits per heavy atom. The maximum Gasteiger partial charge on any atom is 0.279 e. The van der Waals surface area contributed by atoms with E-state index in [0.29, 0.717) is 38.0 Å². The molecule has 1 atom stereocenters. The Bertz CT molecular complexity index is 290. The van der Waals surface area contributed by atoms with Crippen molar-refractivity contribution < 1.29 is 8.42 Å². The first kappa shape index (κ1) is 12.9. The van der Waals surface area contributed by atoms with E-state index < -0.39 is 10.2 Å². The molecule has 90 valence electrons. The second kappa shape index (κ2) is 5.25. The molecule has 0 bridgehead atoms. The molecule has 6 heteroatoms. The number of hydrogen-bond donors (Lipinski definition) is 2. The van der Waals surface area contributed by atoms with Crippen LogP contribution in [-0.2, 0) is 10.2 Å². The fourth-order valence-electron chi connectivity index (χ4n) is 1.77. The van der Waals surface area contributed by atoms with E-state index in [1.54, 1.807) is 0 Å². The van der Waals surface area contributed by atoms with Crippen LogP contribution in [0.15, 0.2) is 0 Å². The molecule has 0 saturated carbocycles. The summed E-state index contributed by atoms with van der Waals surface area (Å²) in [5.41, 5.74) is 5.48. The number of nitrogens with zero attached hydrogens (tertiary/aromatic N) is 1. The van der Waals surface area contributed by atoms with Gasteiger partial charge in [0, 0.05) is 19.6 Å². The van der Waals surface area contributed by atoms with E-state index in [9.17, 15) is 8.42 Å². The molecule has 5 nitrogen and oxygen atoms in total. The van der Waals surface area contributed by atoms with Gasteiger partial charge < -0.3 is 5.73 Å². The van der Waals surface area contributed by atoms with Gasteiger partial charge in [0.05, 0.1) is 0 Å². The summed E-state index contributed by atoms with van der Waals surface area (Å²) in [5.74, 6) is 0.690. The summed E-state index contributed by atoms with van der Waals surface area (Å²) in [6.45, 7) is 6.35. The average molecular weight is 235 g/mol. The topological polar surface area (TPSA) is 75.4 Å². The van der Waals surface area contributed by atoms with Gasteiger partial charge in [-0.1, -0.05) is 13.8 Å². The molecule has 0 aromatic rings. The zero-order valence-electron chi connectivity index (χ0n) is 9.44. The summed E-state index contributed by atoms with van der Waals surface area (Å²) in [4.78, 5) is 0. The quantitative estimate of drug-likeness (QED) is 0.706. The van der Waals surface area contributed by atoms with Gasteiger partial charge >= 0.3 is 0 Å². The molecular formula is C9H21N3O2S. The third kappa shape index (κ3) is 3.71. The molecule has 0 aromatic carbocycles. The summed E-state index contributed by atoms with van der Waals surface area (Å²) >= 11 is 0. The van der Waals surface area contributed by atoms with Gasteiger partial charge in [-0.15, -0.1) is 0 Å². The minimum atomic E-state index is -3.23. The lowest BCUT2D eigenvalue weighted by molar-refractivity contribution is 0.278. The van der Waals surface area contributed by atoms with Crippen LogP contribution in [0.3, 0.4) is 0 Å². The number of rotatable bonds is 4. The Morgan fingerprint density at radius 2 is 2.20 bits per heavy atom. The highest BCUT2D eigenvalue weighted by Gasteiger charge is 2.30. The minimum absolute atomic E-state index is 0.345. The van der Waals surface area contributed by atoms with Crippen molar-refractivity contribution in [3.8, 4) is 0 Å². The lowest BCUT2D eigenvalue weighted by Gasteiger charge is -2.33. The van der Waals surface area contributed by atoms with Gasteiger partial charge in [-0.25, -0.2) is 4.72 Å². The summed E-state index contributed by atoms with van der Waals surface area (Å²) in [6.07, 6.45) is 0.872. The molecule has 1 heterocycles. The average Bonchev–Trinajstić information content (AvgIpc) is 2.11. The van der Waals surface area contributed by atoms with E-state index in [4.69, 9.17) is 5.73 Å². The first-order valence-electron chi connectivity index (χ1n) is 5.40. The van der Waals surface area contributed by atoms with Crippen LogP contribution in [0.5, 0.6) is 0 Å². The van der Waals surface area contributed by atoms with Gasteiger partial charge in [0.15, 0.2) is 0 Å². The van der Waals surface area contributed by atoms with Crippen molar-refractivity contribution in [3.63, 3.8) is 0 Å². The van der Waals surface area contributed by atoms with Crippen molar-refractivity contribution >= 4 is 10.2 Å². The molecule has 1 aliphatic heterocycles. The lowest BCUT2D eigenvalue weighted by atomic mass is 10.1. The highest BCUT2D eigenvalue weighted by Crippen LogP contribution is 2.15. The van der Waals surface area contributed by atoms with Crippen LogP contribution in [0.4, 0.5) is 0 Å². The third-order valence-corrected chi connectivity index (χ3v) is 4.01. The van der Waals surface area contributed by atoms with Crippen molar-refractivity contribution in [2.75, 3.05) is 26.2 Å². The predicted octanol–water partition coefficient (Wildman–Crippen LogP) is -0.243. The number of nitrogens with one attached hydrogen (secondary N) is 1. The zero-order valence-corrected chi connectivity index (χ0v) is 10.3. The van der Waals surface area contributed by atoms with Crippen molar-refractivity contribution in [2.45, 2.75) is 20.3 Å². The molecule has 1 aliphatic rings. The standard InChI is InChI=1S/C9H21N3O2S/c1-8(2)6-12-7-9(3-4-10)5-11-15(12,13)14/h8-9,11H,3-7,10H2,1-2H3. The van der Waals surface area contributed by atoms with Crippen molar-refractivity contribution in [1.29, 1.82) is 0 Å². The first-order valence-corrected chi connectivity index (χ1v) is 6.84. The van der Waals surface area contributed by atoms with Crippen molar-refractivity contribution in [1.82, 2.24) is 9.03 Å². The van der Waals surface area contributed by atoms with Crippen LogP contribution in [0.25, 0.3) is 0 Å². The Morgan fingerprint density at radius 3 is 2.73 bits per heavy atom. The number of nitrogens with two attached hydrogens (primary N) is 1. The molecule has 0 amide bonds. The van der Waals surface area contributed by atoms with Crippen LogP contribution < -0.4 is 10.5 Å². The largest absolute Gasteiger partial charge is 0.330 e. The molecule has 1 saturated heterocycles. The second-order valence-corrected chi connectivity index (χ2v) is 6.26. The Hall–Kier alpha value is -0.170. The summed E-state index contributed by atoms with van der Waals surface area (Å²) < 4.78 is 27.4. The third-order valence-electron chi connectivity index (χ3n) is 2.50. The molecule has 0 spiro atoms. The van der Waals surface area contributed by atoms with Gasteiger partial charge in [-0.3, -0.25) is 0 Å². The highest BCUT2D eigenvalue weighted by atomic mass is 32.2. The highest BCUT2D eigenvalue weighted by molar-refractivity contribution is 7.87. The van der Waals surface area contributed by atoms with Crippen LogP contribution in [0.1, 0.15) is 20.3 Å². The molecular weight excluding hydrogens is 214 g/mol. The Labute approximate surface area is 92.2 Å². The van der Waals surface area contributed by atoms with Gasteiger partial charge in [0.25, 0.3) is 10.2 Å². The Kier molecular flexibility index (Phi) is 4.51. The van der Waals surface area contributed by atoms with E-state index >= 15 is 0 Å². The minimum Gasteiger partial charge on any atom is -0.330 e. The second-order valence-electron chi connectivity index (χ2n) is 4.51. The molecule has 15 heavy (non-hydrogen) atoms. The van der Waals surface area contributed by atoms with Crippen LogP contribution >= 0.6 is 0 Å². The van der Waals surface area contributed by atoms with Crippen molar-refractivity contribution in [2.24, 2.45) is 17.6 Å². The molecule has 0 radical (unpaired) electrons. The normalized spacial score (nSPS) is 27.1. The number of hydrogen-bond acceptors (Lipinski definition) is 3. The lowest BCUT2D eigenvalue weighted by Crippen LogP contribution is -2.52. The maximum atomic E-state index is 11.7. The monoisotopic (exact) mass is 235 g/mol. The van der Waals surface area contributed by atoms with Gasteiger partial charge in [0.2, 0.25) is 0 Å². The van der Waals surface area contributed by atoms with E-state index in [1.165, 1.54) is 4.31 Å². The molecule has 1 rings (SSSR count). The molecule has 1 unspecified atom stereocenters. The fraction of sp³-hybridized carbons (Fsp3) is 1.00. The van der Waals surface area contributed by atoms with Crippen LogP contribution in [0, 0.1) is 11.8 Å². The zero-order chi connectivity index (χ0) is 11.5. The van der Waals surface area contributed by atoms with E-state index in [1.807, 2.05) is 13.8 Å². The summed E-state index contributed by atoms with van der Waals surface area (Å²) in [6, 6.07) is 0. The van der Waals surface area contributed by atoms with Gasteiger partial charge in [-0.05, 0) is 24.8 Å². The van der Waals surface area contributed by atoms with E-state index in [2.05, 4.69) is 4.72 Å². The smallest absolute Gasteiger partial charge is 0.279 e. The molecule has 3 N–H and O–H groups in total. The van der Waals surface area contributed by atoms with Crippen molar-refractivity contribution in [3.05, 3.63) is 0 Å². The van der Waals surface area contributed by atoms with Gasteiger partial charge in [0.1, 0.15) is 0 Å². The first-order chi connectivity index (χ1) is 6.95. The van der Waals surface area contributed by atoms with Gasteiger partial charge in [-0.2, -0.15) is 12.7 Å². The summed E-state index contributed by atoms with van der Waals surface area (Å²) in [7, 11) is -3.23. The predicted molar refractivity (Wildman–Crippen MR) is 60.5 cm³/mol. The molecule has 0 aromatic heterocycles. The van der Waals surface area contributed by atoms with E-state index in [-0.39, 0.29) is 0 Å². The maximum absolute atomic E-state index is 11.7. The van der Waals surface area contributed by atoms with E-state index in [0.717, 1.165) is 6.42 Å². The van der Waals surface area contributed by atoms with Crippen LogP contribution in [-0.4, -0.2) is 38.9 Å². The van der Waals surface area contributed by atoms with Crippen LogP contribution in [0.2, 0.25) is 0 Å².